The van der Waals surface area contributed by atoms with Crippen LogP contribution in [0.15, 0.2) is 18.2 Å². The topological polar surface area (TPSA) is 49.6 Å². The Labute approximate surface area is 118 Å². The van der Waals surface area contributed by atoms with E-state index in [4.69, 9.17) is 5.73 Å². The smallest absolute Gasteiger partial charge is 0.230 e. The standard InChI is InChI=1S/C15H20FN3O/c1-18-6-7-19(13-5-3-11(16)9-14(13)18)15(20)10-2-4-12(17)8-10/h3,5,9-10,12H,2,4,6-8,17H2,1H3/t10-,12+/m0/s1. The highest BCUT2D eigenvalue weighted by atomic mass is 19.1. The van der Waals surface area contributed by atoms with Gasteiger partial charge in [0.05, 0.1) is 11.4 Å². The second-order valence-corrected chi connectivity index (χ2v) is 5.81. The summed E-state index contributed by atoms with van der Waals surface area (Å²) in [5.74, 6) is -0.113. The molecular weight excluding hydrogens is 257 g/mol. The van der Waals surface area contributed by atoms with Crippen LogP contribution in [0, 0.1) is 11.7 Å². The number of halogens is 1. The number of nitrogens with two attached hydrogens (primary N) is 1. The Morgan fingerprint density at radius 1 is 1.30 bits per heavy atom. The van der Waals surface area contributed by atoms with E-state index in [0.717, 1.165) is 37.2 Å². The minimum atomic E-state index is -0.271. The van der Waals surface area contributed by atoms with Crippen LogP contribution in [0.3, 0.4) is 0 Å². The van der Waals surface area contributed by atoms with Gasteiger partial charge in [0.15, 0.2) is 0 Å². The van der Waals surface area contributed by atoms with Gasteiger partial charge in [-0.05, 0) is 37.5 Å². The van der Waals surface area contributed by atoms with Crippen molar-refractivity contribution < 1.29 is 9.18 Å². The van der Waals surface area contributed by atoms with Crippen LogP contribution in [-0.4, -0.2) is 32.1 Å². The van der Waals surface area contributed by atoms with E-state index in [1.807, 2.05) is 11.9 Å². The SMILES string of the molecule is CN1CCN(C(=O)[C@H]2CC[C@@H](N)C2)c2ccc(F)cc21. The molecule has 1 saturated carbocycles. The monoisotopic (exact) mass is 277 g/mol. The van der Waals surface area contributed by atoms with Crippen LogP contribution in [0.1, 0.15) is 19.3 Å². The Morgan fingerprint density at radius 3 is 2.80 bits per heavy atom. The van der Waals surface area contributed by atoms with Crippen LogP contribution in [-0.2, 0) is 4.79 Å². The molecule has 1 amide bonds. The summed E-state index contributed by atoms with van der Waals surface area (Å²) in [6, 6.07) is 4.75. The van der Waals surface area contributed by atoms with Crippen LogP contribution in [0.2, 0.25) is 0 Å². The molecule has 1 fully saturated rings. The van der Waals surface area contributed by atoms with Crippen molar-refractivity contribution in [3.05, 3.63) is 24.0 Å². The Balaban J connectivity index is 1.89. The van der Waals surface area contributed by atoms with Gasteiger partial charge in [0, 0.05) is 32.1 Å². The van der Waals surface area contributed by atoms with Crippen LogP contribution in [0.5, 0.6) is 0 Å². The van der Waals surface area contributed by atoms with Crippen molar-refractivity contribution in [2.45, 2.75) is 25.3 Å². The van der Waals surface area contributed by atoms with Gasteiger partial charge in [0.1, 0.15) is 5.82 Å². The van der Waals surface area contributed by atoms with Crippen molar-refractivity contribution in [2.75, 3.05) is 29.9 Å². The van der Waals surface area contributed by atoms with Crippen molar-refractivity contribution in [1.82, 2.24) is 0 Å². The highest BCUT2D eigenvalue weighted by Crippen LogP contribution is 2.35. The molecule has 0 unspecified atom stereocenters. The first kappa shape index (κ1) is 13.4. The van der Waals surface area contributed by atoms with Gasteiger partial charge in [-0.1, -0.05) is 0 Å². The number of carbonyl (C=O) groups excluding carboxylic acids is 1. The van der Waals surface area contributed by atoms with Crippen LogP contribution in [0.25, 0.3) is 0 Å². The molecule has 1 aliphatic carbocycles. The maximum absolute atomic E-state index is 13.4. The molecule has 4 nitrogen and oxygen atoms in total. The number of hydrogen-bond acceptors (Lipinski definition) is 3. The molecule has 0 spiro atoms. The minimum absolute atomic E-state index is 0.0197. The number of fused-ring (bicyclic) bond motifs is 1. The summed E-state index contributed by atoms with van der Waals surface area (Å²) in [4.78, 5) is 16.5. The molecule has 0 aromatic heterocycles. The molecule has 20 heavy (non-hydrogen) atoms. The molecule has 0 saturated heterocycles. The van der Waals surface area contributed by atoms with Crippen LogP contribution in [0.4, 0.5) is 15.8 Å². The third-order valence-corrected chi connectivity index (χ3v) is 4.39. The summed E-state index contributed by atoms with van der Waals surface area (Å²) < 4.78 is 13.4. The van der Waals surface area contributed by atoms with E-state index >= 15 is 0 Å². The summed E-state index contributed by atoms with van der Waals surface area (Å²) in [6.45, 7) is 1.38. The summed E-state index contributed by atoms with van der Waals surface area (Å²) >= 11 is 0. The van der Waals surface area contributed by atoms with E-state index in [1.54, 1.807) is 11.0 Å². The quantitative estimate of drug-likeness (QED) is 0.850. The molecular formula is C15H20FN3O. The van der Waals surface area contributed by atoms with Crippen molar-refractivity contribution in [3.8, 4) is 0 Å². The normalized spacial score (nSPS) is 25.8. The number of carbonyl (C=O) groups is 1. The lowest BCUT2D eigenvalue weighted by atomic mass is 10.0. The van der Waals surface area contributed by atoms with Crippen molar-refractivity contribution in [3.63, 3.8) is 0 Å². The average Bonchev–Trinajstić information content (AvgIpc) is 2.86. The van der Waals surface area contributed by atoms with Crippen molar-refractivity contribution >= 4 is 17.3 Å². The Hall–Kier alpha value is -1.62. The fourth-order valence-electron chi connectivity index (χ4n) is 3.21. The Kier molecular flexibility index (Phi) is 3.38. The largest absolute Gasteiger partial charge is 0.371 e. The van der Waals surface area contributed by atoms with Gasteiger partial charge < -0.3 is 15.5 Å². The van der Waals surface area contributed by atoms with Gasteiger partial charge in [0.25, 0.3) is 0 Å². The maximum Gasteiger partial charge on any atom is 0.230 e. The third kappa shape index (κ3) is 2.26. The predicted molar refractivity (Wildman–Crippen MR) is 77.3 cm³/mol. The van der Waals surface area contributed by atoms with Crippen LogP contribution >= 0.6 is 0 Å². The molecule has 5 heteroatoms. The zero-order valence-corrected chi connectivity index (χ0v) is 11.7. The number of nitrogens with zero attached hydrogens (tertiary/aromatic N) is 2. The van der Waals surface area contributed by atoms with Crippen molar-refractivity contribution in [2.24, 2.45) is 11.7 Å². The second kappa shape index (κ2) is 5.05. The minimum Gasteiger partial charge on any atom is -0.371 e. The van der Waals surface area contributed by atoms with Crippen LogP contribution < -0.4 is 15.5 Å². The lowest BCUT2D eigenvalue weighted by Gasteiger charge is -2.36. The average molecular weight is 277 g/mol. The van der Waals surface area contributed by atoms with Gasteiger partial charge in [-0.15, -0.1) is 0 Å². The third-order valence-electron chi connectivity index (χ3n) is 4.39. The number of hydrogen-bond donors (Lipinski definition) is 1. The van der Waals surface area contributed by atoms with Gasteiger partial charge in [0.2, 0.25) is 5.91 Å². The first-order valence-corrected chi connectivity index (χ1v) is 7.14. The lowest BCUT2D eigenvalue weighted by molar-refractivity contribution is -0.122. The summed E-state index contributed by atoms with van der Waals surface area (Å²) in [7, 11) is 1.92. The summed E-state index contributed by atoms with van der Waals surface area (Å²) in [5, 5.41) is 0. The van der Waals surface area contributed by atoms with Gasteiger partial charge >= 0.3 is 0 Å². The molecule has 108 valence electrons. The Morgan fingerprint density at radius 2 is 2.10 bits per heavy atom. The van der Waals surface area contributed by atoms with Gasteiger partial charge in [-0.25, -0.2) is 4.39 Å². The second-order valence-electron chi connectivity index (χ2n) is 5.81. The number of likely N-dealkylation sites (N-methyl/N-ethyl adjacent to an activating group) is 1. The highest BCUT2D eigenvalue weighted by molar-refractivity contribution is 5.99. The highest BCUT2D eigenvalue weighted by Gasteiger charge is 2.34. The first-order chi connectivity index (χ1) is 9.56. The number of amides is 1. The van der Waals surface area contributed by atoms with E-state index in [1.165, 1.54) is 12.1 Å². The molecule has 1 heterocycles. The summed E-state index contributed by atoms with van der Waals surface area (Å²) in [5.41, 5.74) is 7.50. The molecule has 3 rings (SSSR count). The lowest BCUT2D eigenvalue weighted by Crippen LogP contribution is -2.45. The molecule has 0 radical (unpaired) electrons. The molecule has 2 N–H and O–H groups in total. The zero-order valence-electron chi connectivity index (χ0n) is 11.7. The van der Waals surface area contributed by atoms with Gasteiger partial charge in [-0.3, -0.25) is 4.79 Å². The van der Waals surface area contributed by atoms with E-state index in [9.17, 15) is 9.18 Å². The van der Waals surface area contributed by atoms with E-state index in [2.05, 4.69) is 0 Å². The molecule has 1 aliphatic heterocycles. The van der Waals surface area contributed by atoms with E-state index < -0.39 is 0 Å². The number of anilines is 2. The van der Waals surface area contributed by atoms with Crippen molar-refractivity contribution in [1.29, 1.82) is 0 Å². The van der Waals surface area contributed by atoms with E-state index in [0.29, 0.717) is 6.54 Å². The molecule has 1 aromatic rings. The van der Waals surface area contributed by atoms with Gasteiger partial charge in [-0.2, -0.15) is 0 Å². The molecule has 0 bridgehead atoms. The summed E-state index contributed by atoms with van der Waals surface area (Å²) in [6.07, 6.45) is 2.55. The molecule has 1 aromatic carbocycles. The Bertz CT molecular complexity index is 534. The number of benzene rings is 1. The maximum atomic E-state index is 13.4. The molecule has 2 aliphatic rings. The molecule has 2 atom stereocenters. The fourth-order valence-corrected chi connectivity index (χ4v) is 3.21. The number of rotatable bonds is 1. The first-order valence-electron chi connectivity index (χ1n) is 7.14. The zero-order chi connectivity index (χ0) is 14.3. The van der Waals surface area contributed by atoms with E-state index in [-0.39, 0.29) is 23.7 Å². The predicted octanol–water partition coefficient (Wildman–Crippen LogP) is 1.74. The fraction of sp³-hybridized carbons (Fsp3) is 0.533.